The second-order valence-corrected chi connectivity index (χ2v) is 6.25. The Morgan fingerprint density at radius 2 is 1.95 bits per heavy atom. The van der Waals surface area contributed by atoms with Gasteiger partial charge in [-0.2, -0.15) is 0 Å². The number of likely N-dealkylation sites (N-methyl/N-ethyl adjacent to an activating group) is 1. The van der Waals surface area contributed by atoms with E-state index in [9.17, 15) is 13.2 Å². The topological polar surface area (TPSA) is 78.5 Å². The molecule has 1 rings (SSSR count). The summed E-state index contributed by atoms with van der Waals surface area (Å²) in [7, 11) is -0.337. The van der Waals surface area contributed by atoms with E-state index in [1.165, 1.54) is 17.0 Å². The highest BCUT2D eigenvalue weighted by Crippen LogP contribution is 2.12. The number of benzene rings is 1. The van der Waals surface area contributed by atoms with E-state index in [0.717, 1.165) is 6.54 Å². The van der Waals surface area contributed by atoms with Crippen LogP contribution in [0.1, 0.15) is 17.3 Å². The molecule has 1 aromatic rings. The van der Waals surface area contributed by atoms with E-state index in [4.69, 9.17) is 0 Å². The molecule has 0 aromatic heterocycles. The quantitative estimate of drug-likeness (QED) is 0.709. The Hall–Kier alpha value is -1.44. The fourth-order valence-corrected chi connectivity index (χ4v) is 2.67. The van der Waals surface area contributed by atoms with Crippen LogP contribution < -0.4 is 10.0 Å². The van der Waals surface area contributed by atoms with E-state index in [-0.39, 0.29) is 10.8 Å². The molecule has 20 heavy (non-hydrogen) atoms. The van der Waals surface area contributed by atoms with Crippen molar-refractivity contribution < 1.29 is 13.2 Å². The molecule has 0 heterocycles. The van der Waals surface area contributed by atoms with E-state index in [1.54, 1.807) is 26.2 Å². The molecule has 112 valence electrons. The average Bonchev–Trinajstić information content (AvgIpc) is 2.43. The summed E-state index contributed by atoms with van der Waals surface area (Å²) >= 11 is 0. The van der Waals surface area contributed by atoms with E-state index in [1.807, 2.05) is 6.92 Å². The first-order chi connectivity index (χ1) is 9.38. The molecule has 0 radical (unpaired) electrons. The Balaban J connectivity index is 2.85. The van der Waals surface area contributed by atoms with Crippen LogP contribution in [0.4, 0.5) is 0 Å². The van der Waals surface area contributed by atoms with Gasteiger partial charge < -0.3 is 10.2 Å². The molecule has 0 spiro atoms. The van der Waals surface area contributed by atoms with Gasteiger partial charge in [-0.05, 0) is 24.7 Å². The van der Waals surface area contributed by atoms with E-state index < -0.39 is 10.0 Å². The number of carbonyl (C=O) groups excluding carboxylic acids is 1. The molecule has 6 nitrogen and oxygen atoms in total. The van der Waals surface area contributed by atoms with Crippen LogP contribution in [0.3, 0.4) is 0 Å². The summed E-state index contributed by atoms with van der Waals surface area (Å²) in [6.07, 6.45) is 0. The Labute approximate surface area is 120 Å². The molecule has 0 atom stereocenters. The van der Waals surface area contributed by atoms with Crippen molar-refractivity contribution in [2.75, 3.05) is 33.7 Å². The predicted molar refractivity (Wildman–Crippen MR) is 78.2 cm³/mol. The molecule has 7 heteroatoms. The Kier molecular flexibility index (Phi) is 6.12. The third kappa shape index (κ3) is 4.59. The van der Waals surface area contributed by atoms with Crippen LogP contribution in [0.2, 0.25) is 0 Å². The van der Waals surface area contributed by atoms with Gasteiger partial charge in [0.25, 0.3) is 5.91 Å². The smallest absolute Gasteiger partial charge is 0.253 e. The van der Waals surface area contributed by atoms with Crippen molar-refractivity contribution in [3.8, 4) is 0 Å². The largest absolute Gasteiger partial charge is 0.345 e. The number of carbonyl (C=O) groups is 1. The lowest BCUT2D eigenvalue weighted by atomic mass is 10.2. The lowest BCUT2D eigenvalue weighted by Gasteiger charge is -2.12. The van der Waals surface area contributed by atoms with Crippen LogP contribution in [-0.4, -0.2) is 53.0 Å². The van der Waals surface area contributed by atoms with E-state index in [2.05, 4.69) is 10.0 Å². The van der Waals surface area contributed by atoms with Gasteiger partial charge in [0, 0.05) is 32.7 Å². The highest BCUT2D eigenvalue weighted by atomic mass is 32.2. The summed E-state index contributed by atoms with van der Waals surface area (Å²) in [5.74, 6) is -0.227. The van der Waals surface area contributed by atoms with Gasteiger partial charge in [0.1, 0.15) is 0 Å². The number of sulfonamides is 1. The van der Waals surface area contributed by atoms with Crippen molar-refractivity contribution in [1.29, 1.82) is 0 Å². The minimum absolute atomic E-state index is 0.0988. The number of hydrogen-bond acceptors (Lipinski definition) is 4. The van der Waals surface area contributed by atoms with E-state index >= 15 is 0 Å². The Morgan fingerprint density at radius 1 is 1.25 bits per heavy atom. The van der Waals surface area contributed by atoms with Crippen LogP contribution in [0.15, 0.2) is 29.2 Å². The number of nitrogens with zero attached hydrogens (tertiary/aromatic N) is 1. The molecule has 1 amide bonds. The summed E-state index contributed by atoms with van der Waals surface area (Å²) in [6.45, 7) is 3.60. The summed E-state index contributed by atoms with van der Waals surface area (Å²) in [5, 5.41) is 3.03. The van der Waals surface area contributed by atoms with Crippen LogP contribution in [-0.2, 0) is 10.0 Å². The van der Waals surface area contributed by atoms with Crippen LogP contribution >= 0.6 is 0 Å². The zero-order valence-electron chi connectivity index (χ0n) is 12.0. The molecule has 2 N–H and O–H groups in total. The van der Waals surface area contributed by atoms with Crippen molar-refractivity contribution in [2.45, 2.75) is 11.8 Å². The van der Waals surface area contributed by atoms with Crippen LogP contribution in [0.5, 0.6) is 0 Å². The first kappa shape index (κ1) is 16.6. The molecule has 0 aliphatic rings. The zero-order valence-corrected chi connectivity index (χ0v) is 12.8. The fourth-order valence-electron chi connectivity index (χ4n) is 1.59. The second-order valence-electron chi connectivity index (χ2n) is 4.48. The van der Waals surface area contributed by atoms with Crippen molar-refractivity contribution in [2.24, 2.45) is 0 Å². The molecule has 0 aliphatic heterocycles. The maximum Gasteiger partial charge on any atom is 0.253 e. The van der Waals surface area contributed by atoms with Gasteiger partial charge in [0.15, 0.2) is 0 Å². The molecule has 0 bridgehead atoms. The maximum absolute atomic E-state index is 12.1. The van der Waals surface area contributed by atoms with Gasteiger partial charge in [-0.15, -0.1) is 0 Å². The van der Waals surface area contributed by atoms with Gasteiger partial charge >= 0.3 is 0 Å². The maximum atomic E-state index is 12.1. The third-order valence-electron chi connectivity index (χ3n) is 2.64. The van der Waals surface area contributed by atoms with Gasteiger partial charge in [0.05, 0.1) is 4.90 Å². The number of rotatable bonds is 7. The average molecular weight is 299 g/mol. The van der Waals surface area contributed by atoms with Crippen molar-refractivity contribution in [1.82, 2.24) is 14.9 Å². The van der Waals surface area contributed by atoms with Crippen molar-refractivity contribution in [3.63, 3.8) is 0 Å². The molecule has 0 saturated heterocycles. The fraction of sp³-hybridized carbons (Fsp3) is 0.462. The van der Waals surface area contributed by atoms with Gasteiger partial charge in [0.2, 0.25) is 10.0 Å². The van der Waals surface area contributed by atoms with Gasteiger partial charge in [-0.3, -0.25) is 4.79 Å². The van der Waals surface area contributed by atoms with Crippen LogP contribution in [0.25, 0.3) is 0 Å². The van der Waals surface area contributed by atoms with Crippen molar-refractivity contribution >= 4 is 15.9 Å². The normalized spacial score (nSPS) is 11.3. The molecule has 1 aromatic carbocycles. The first-order valence-corrected chi connectivity index (χ1v) is 7.89. The van der Waals surface area contributed by atoms with Crippen molar-refractivity contribution in [3.05, 3.63) is 29.8 Å². The van der Waals surface area contributed by atoms with Gasteiger partial charge in [-0.25, -0.2) is 13.1 Å². The predicted octanol–water partition coefficient (Wildman–Crippen LogP) is 0.276. The molecule has 0 saturated carbocycles. The van der Waals surface area contributed by atoms with Gasteiger partial charge in [-0.1, -0.05) is 13.0 Å². The molecule has 0 aliphatic carbocycles. The standard InChI is InChI=1S/C13H21N3O3S/c1-4-14-8-9-15-20(18,19)12-7-5-6-11(10-12)13(17)16(2)3/h5-7,10,14-15H,4,8-9H2,1-3H3. The number of amides is 1. The number of nitrogens with one attached hydrogen (secondary N) is 2. The monoisotopic (exact) mass is 299 g/mol. The lowest BCUT2D eigenvalue weighted by molar-refractivity contribution is 0.0827. The molecular formula is C13H21N3O3S. The minimum atomic E-state index is -3.58. The SMILES string of the molecule is CCNCCNS(=O)(=O)c1cccc(C(=O)N(C)C)c1. The summed E-state index contributed by atoms with van der Waals surface area (Å²) in [4.78, 5) is 13.3. The summed E-state index contributed by atoms with van der Waals surface area (Å²) < 4.78 is 26.6. The minimum Gasteiger partial charge on any atom is -0.345 e. The number of hydrogen-bond donors (Lipinski definition) is 2. The highest BCUT2D eigenvalue weighted by molar-refractivity contribution is 7.89. The lowest BCUT2D eigenvalue weighted by Crippen LogP contribution is -2.32. The highest BCUT2D eigenvalue weighted by Gasteiger charge is 2.16. The molecular weight excluding hydrogens is 278 g/mol. The zero-order chi connectivity index (χ0) is 15.2. The molecule has 0 fully saturated rings. The van der Waals surface area contributed by atoms with E-state index in [0.29, 0.717) is 18.7 Å². The Bertz CT molecular complexity index is 556. The molecule has 0 unspecified atom stereocenters. The summed E-state index contributed by atoms with van der Waals surface area (Å²) in [6, 6.07) is 6.02. The summed E-state index contributed by atoms with van der Waals surface area (Å²) in [5.41, 5.74) is 0.351. The third-order valence-corrected chi connectivity index (χ3v) is 4.10. The first-order valence-electron chi connectivity index (χ1n) is 6.40. The van der Waals surface area contributed by atoms with Crippen LogP contribution in [0, 0.1) is 0 Å². The Morgan fingerprint density at radius 3 is 2.55 bits per heavy atom. The second kappa shape index (κ2) is 7.37.